The van der Waals surface area contributed by atoms with Gasteiger partial charge < -0.3 is 19.1 Å². The number of hydrogen-bond donors (Lipinski definition) is 0. The van der Waals surface area contributed by atoms with Crippen molar-refractivity contribution in [3.8, 4) is 17.2 Å². The second kappa shape index (κ2) is 7.90. The summed E-state index contributed by atoms with van der Waals surface area (Å²) in [5.74, 6) is 1.89. The predicted octanol–water partition coefficient (Wildman–Crippen LogP) is 4.48. The molecule has 2 rings (SSSR count). The smallest absolute Gasteiger partial charge is 0.415 e. The lowest BCUT2D eigenvalue weighted by Gasteiger charge is -2.20. The quantitative estimate of drug-likeness (QED) is 0.783. The number of carbonyl (C=O) groups is 1. The molecule has 0 atom stereocenters. The number of rotatable bonds is 6. The Morgan fingerprint density at radius 1 is 1.04 bits per heavy atom. The Balaban J connectivity index is 2.51. The number of amides is 1. The highest BCUT2D eigenvalue weighted by Crippen LogP contribution is 2.39. The van der Waals surface area contributed by atoms with Gasteiger partial charge in [-0.2, -0.15) is 0 Å². The van der Waals surface area contributed by atoms with Crippen LogP contribution >= 0.6 is 0 Å². The van der Waals surface area contributed by atoms with E-state index in [0.717, 1.165) is 10.8 Å². The zero-order chi connectivity index (χ0) is 17.7. The minimum Gasteiger partial charge on any atom is -0.496 e. The van der Waals surface area contributed by atoms with Crippen LogP contribution in [-0.2, 0) is 0 Å². The molecule has 0 saturated carbocycles. The van der Waals surface area contributed by atoms with Gasteiger partial charge in [-0.1, -0.05) is 12.1 Å². The summed E-state index contributed by atoms with van der Waals surface area (Å²) in [5, 5.41) is 1.59. The molecule has 0 spiro atoms. The Bertz CT molecular complexity index is 708. The minimum atomic E-state index is -0.360. The molecule has 5 nitrogen and oxygen atoms in total. The molecular weight excluding hydrogens is 306 g/mol. The summed E-state index contributed by atoms with van der Waals surface area (Å²) >= 11 is 0. The molecule has 0 fully saturated rings. The zero-order valence-electron chi connectivity index (χ0n) is 15.0. The van der Waals surface area contributed by atoms with Gasteiger partial charge in [-0.05, 0) is 45.9 Å². The first-order valence-corrected chi connectivity index (χ1v) is 8.24. The van der Waals surface area contributed by atoms with Crippen LogP contribution in [0.5, 0.6) is 17.2 Å². The van der Waals surface area contributed by atoms with Crippen molar-refractivity contribution in [2.24, 2.45) is 0 Å². The summed E-state index contributed by atoms with van der Waals surface area (Å²) in [6, 6.07) is 9.22. The average Bonchev–Trinajstić information content (AvgIpc) is 2.56. The Kier molecular flexibility index (Phi) is 5.90. The first kappa shape index (κ1) is 17.9. The second-order valence-electron chi connectivity index (χ2n) is 5.65. The van der Waals surface area contributed by atoms with Gasteiger partial charge in [0.15, 0.2) is 0 Å². The van der Waals surface area contributed by atoms with Crippen LogP contribution in [0.3, 0.4) is 0 Å². The maximum Gasteiger partial charge on any atom is 0.415 e. The molecule has 0 aliphatic carbocycles. The second-order valence-corrected chi connectivity index (χ2v) is 5.65. The SMILES string of the molecule is CCN(CC)C(=O)Oc1ccc(OC)c2c(OC(C)C)cccc12. The molecule has 1 amide bonds. The van der Waals surface area contributed by atoms with E-state index >= 15 is 0 Å². The first-order chi connectivity index (χ1) is 11.5. The molecule has 0 saturated heterocycles. The van der Waals surface area contributed by atoms with E-state index in [1.165, 1.54) is 0 Å². The van der Waals surface area contributed by atoms with Gasteiger partial charge in [-0.15, -0.1) is 0 Å². The van der Waals surface area contributed by atoms with Crippen molar-refractivity contribution in [3.63, 3.8) is 0 Å². The van der Waals surface area contributed by atoms with E-state index in [9.17, 15) is 4.79 Å². The normalized spacial score (nSPS) is 10.8. The van der Waals surface area contributed by atoms with Crippen molar-refractivity contribution in [3.05, 3.63) is 30.3 Å². The summed E-state index contributed by atoms with van der Waals surface area (Å²) in [6.45, 7) is 8.98. The highest BCUT2D eigenvalue weighted by molar-refractivity contribution is 5.98. The number of fused-ring (bicyclic) bond motifs is 1. The van der Waals surface area contributed by atoms with Gasteiger partial charge in [-0.25, -0.2) is 4.79 Å². The highest BCUT2D eigenvalue weighted by Gasteiger charge is 2.17. The molecule has 0 aromatic heterocycles. The molecule has 0 heterocycles. The van der Waals surface area contributed by atoms with Gasteiger partial charge >= 0.3 is 6.09 Å². The van der Waals surface area contributed by atoms with E-state index in [1.807, 2.05) is 45.9 Å². The van der Waals surface area contributed by atoms with E-state index in [0.29, 0.717) is 30.3 Å². The molecule has 0 unspecified atom stereocenters. The van der Waals surface area contributed by atoms with Crippen LogP contribution in [-0.4, -0.2) is 37.3 Å². The monoisotopic (exact) mass is 331 g/mol. The molecule has 5 heteroatoms. The number of benzene rings is 2. The average molecular weight is 331 g/mol. The van der Waals surface area contributed by atoms with E-state index in [-0.39, 0.29) is 12.2 Å². The van der Waals surface area contributed by atoms with Gasteiger partial charge in [0.1, 0.15) is 17.2 Å². The van der Waals surface area contributed by atoms with E-state index in [2.05, 4.69) is 0 Å². The molecule has 2 aromatic rings. The topological polar surface area (TPSA) is 48.0 Å². The molecule has 24 heavy (non-hydrogen) atoms. The number of methoxy groups -OCH3 is 1. The molecule has 0 radical (unpaired) electrons. The fourth-order valence-corrected chi connectivity index (χ4v) is 2.57. The maximum atomic E-state index is 12.3. The lowest BCUT2D eigenvalue weighted by Crippen LogP contribution is -2.33. The van der Waals surface area contributed by atoms with Crippen LogP contribution in [0.25, 0.3) is 10.8 Å². The third-order valence-electron chi connectivity index (χ3n) is 3.73. The van der Waals surface area contributed by atoms with E-state index in [4.69, 9.17) is 14.2 Å². The summed E-state index contributed by atoms with van der Waals surface area (Å²) in [4.78, 5) is 13.9. The predicted molar refractivity (Wildman–Crippen MR) is 95.2 cm³/mol. The van der Waals surface area contributed by atoms with E-state index < -0.39 is 0 Å². The van der Waals surface area contributed by atoms with Crippen LogP contribution < -0.4 is 14.2 Å². The number of carbonyl (C=O) groups excluding carboxylic acids is 1. The van der Waals surface area contributed by atoms with Crippen LogP contribution in [0.4, 0.5) is 4.79 Å². The largest absolute Gasteiger partial charge is 0.496 e. The van der Waals surface area contributed by atoms with Crippen molar-refractivity contribution in [1.82, 2.24) is 4.90 Å². The van der Waals surface area contributed by atoms with Crippen molar-refractivity contribution < 1.29 is 19.0 Å². The molecule has 0 aliphatic rings. The van der Waals surface area contributed by atoms with Gasteiger partial charge in [0.2, 0.25) is 0 Å². The molecule has 2 aromatic carbocycles. The fraction of sp³-hybridized carbons (Fsp3) is 0.421. The summed E-state index contributed by atoms with van der Waals surface area (Å²) < 4.78 is 17.0. The number of hydrogen-bond acceptors (Lipinski definition) is 4. The number of ether oxygens (including phenoxy) is 3. The van der Waals surface area contributed by atoms with Crippen LogP contribution in [0, 0.1) is 0 Å². The third kappa shape index (κ3) is 3.72. The molecule has 0 bridgehead atoms. The zero-order valence-corrected chi connectivity index (χ0v) is 15.0. The Morgan fingerprint density at radius 3 is 2.29 bits per heavy atom. The van der Waals surface area contributed by atoms with Gasteiger partial charge in [0, 0.05) is 18.5 Å². The Morgan fingerprint density at radius 2 is 1.71 bits per heavy atom. The molecule has 0 N–H and O–H groups in total. The van der Waals surface area contributed by atoms with Crippen molar-refractivity contribution >= 4 is 16.9 Å². The number of nitrogens with zero attached hydrogens (tertiary/aromatic N) is 1. The Hall–Kier alpha value is -2.43. The minimum absolute atomic E-state index is 0.0298. The van der Waals surface area contributed by atoms with Crippen molar-refractivity contribution in [1.29, 1.82) is 0 Å². The fourth-order valence-electron chi connectivity index (χ4n) is 2.57. The maximum absolute atomic E-state index is 12.3. The first-order valence-electron chi connectivity index (χ1n) is 8.24. The van der Waals surface area contributed by atoms with E-state index in [1.54, 1.807) is 24.1 Å². The summed E-state index contributed by atoms with van der Waals surface area (Å²) in [7, 11) is 1.61. The van der Waals surface area contributed by atoms with Crippen LogP contribution in [0.1, 0.15) is 27.7 Å². The molecular formula is C19H25NO4. The van der Waals surface area contributed by atoms with Crippen molar-refractivity contribution in [2.75, 3.05) is 20.2 Å². The molecule has 0 aliphatic heterocycles. The van der Waals surface area contributed by atoms with Gasteiger partial charge in [-0.3, -0.25) is 0 Å². The Labute approximate surface area is 143 Å². The lowest BCUT2D eigenvalue weighted by atomic mass is 10.1. The lowest BCUT2D eigenvalue weighted by molar-refractivity contribution is 0.158. The summed E-state index contributed by atoms with van der Waals surface area (Å²) in [6.07, 6.45) is -0.330. The van der Waals surface area contributed by atoms with Gasteiger partial charge in [0.25, 0.3) is 0 Å². The van der Waals surface area contributed by atoms with Gasteiger partial charge in [0.05, 0.1) is 18.6 Å². The molecule has 130 valence electrons. The third-order valence-corrected chi connectivity index (χ3v) is 3.73. The van der Waals surface area contributed by atoms with Crippen LogP contribution in [0.2, 0.25) is 0 Å². The summed E-state index contributed by atoms with van der Waals surface area (Å²) in [5.41, 5.74) is 0. The van der Waals surface area contributed by atoms with Crippen molar-refractivity contribution in [2.45, 2.75) is 33.8 Å². The van der Waals surface area contributed by atoms with Crippen LogP contribution in [0.15, 0.2) is 30.3 Å². The standard InChI is InChI=1S/C19H25NO4/c1-6-20(7-2)19(21)24-15-11-12-16(22-5)18-14(15)9-8-10-17(18)23-13(3)4/h8-13H,6-7H2,1-5H3. The highest BCUT2D eigenvalue weighted by atomic mass is 16.6.